The van der Waals surface area contributed by atoms with Gasteiger partial charge in [0.05, 0.1) is 15.8 Å². The number of fused-ring (bicyclic) bond motifs is 1. The Labute approximate surface area is 138 Å². The van der Waals surface area contributed by atoms with E-state index in [1.807, 2.05) is 67.5 Å². The molecule has 0 aliphatic heterocycles. The van der Waals surface area contributed by atoms with Gasteiger partial charge in [-0.1, -0.05) is 24.3 Å². The van der Waals surface area contributed by atoms with Crippen molar-refractivity contribution in [3.8, 4) is 0 Å². The predicted molar refractivity (Wildman–Crippen MR) is 97.5 cm³/mol. The molecule has 4 nitrogen and oxygen atoms in total. The zero-order valence-electron chi connectivity index (χ0n) is 13.0. The van der Waals surface area contributed by atoms with E-state index in [1.165, 1.54) is 11.3 Å². The SMILES string of the molecule is CN(C)c1ccc(/C=C(\C(N)=O)c2nc3ccccc3s2)cc1. The van der Waals surface area contributed by atoms with Gasteiger partial charge in [-0.15, -0.1) is 11.3 Å². The summed E-state index contributed by atoms with van der Waals surface area (Å²) in [6.07, 6.45) is 1.79. The van der Waals surface area contributed by atoms with Gasteiger partial charge in [0, 0.05) is 19.8 Å². The Hall–Kier alpha value is -2.66. The van der Waals surface area contributed by atoms with E-state index in [9.17, 15) is 4.79 Å². The molecule has 23 heavy (non-hydrogen) atoms. The number of primary amides is 1. The Morgan fingerprint density at radius 2 is 1.83 bits per heavy atom. The van der Waals surface area contributed by atoms with Crippen molar-refractivity contribution in [3.05, 3.63) is 59.1 Å². The lowest BCUT2D eigenvalue weighted by Gasteiger charge is -2.12. The van der Waals surface area contributed by atoms with Crippen molar-refractivity contribution < 1.29 is 4.79 Å². The number of nitrogens with zero attached hydrogens (tertiary/aromatic N) is 2. The fourth-order valence-corrected chi connectivity index (χ4v) is 3.25. The molecular weight excluding hydrogens is 306 g/mol. The summed E-state index contributed by atoms with van der Waals surface area (Å²) in [7, 11) is 3.97. The lowest BCUT2D eigenvalue weighted by molar-refractivity contribution is -0.112. The number of aromatic nitrogens is 1. The van der Waals surface area contributed by atoms with Crippen LogP contribution in [0.5, 0.6) is 0 Å². The highest BCUT2D eigenvalue weighted by Crippen LogP contribution is 2.28. The lowest BCUT2D eigenvalue weighted by Crippen LogP contribution is -2.12. The Kier molecular flexibility index (Phi) is 4.12. The molecule has 0 saturated carbocycles. The van der Waals surface area contributed by atoms with Crippen LogP contribution in [-0.4, -0.2) is 25.0 Å². The van der Waals surface area contributed by atoms with Gasteiger partial charge in [0.25, 0.3) is 5.91 Å². The molecular formula is C18H17N3OS. The van der Waals surface area contributed by atoms with Gasteiger partial charge in [-0.2, -0.15) is 0 Å². The second-order valence-electron chi connectivity index (χ2n) is 5.39. The smallest absolute Gasteiger partial charge is 0.251 e. The van der Waals surface area contributed by atoms with Crippen LogP contribution in [0.2, 0.25) is 0 Å². The summed E-state index contributed by atoms with van der Waals surface area (Å²) in [6, 6.07) is 15.7. The molecule has 1 heterocycles. The van der Waals surface area contributed by atoms with E-state index in [4.69, 9.17) is 5.73 Å². The number of thiazole rings is 1. The van der Waals surface area contributed by atoms with Crippen LogP contribution in [0.25, 0.3) is 21.9 Å². The van der Waals surface area contributed by atoms with Crippen molar-refractivity contribution in [2.45, 2.75) is 0 Å². The number of carbonyl (C=O) groups is 1. The third kappa shape index (κ3) is 3.24. The third-order valence-electron chi connectivity index (χ3n) is 3.51. The average Bonchev–Trinajstić information content (AvgIpc) is 2.96. The topological polar surface area (TPSA) is 59.2 Å². The van der Waals surface area contributed by atoms with Crippen LogP contribution in [0, 0.1) is 0 Å². The zero-order chi connectivity index (χ0) is 16.4. The number of hydrogen-bond donors (Lipinski definition) is 1. The standard InChI is InChI=1S/C18H17N3OS/c1-21(2)13-9-7-12(8-10-13)11-14(17(19)22)18-20-15-5-3-4-6-16(15)23-18/h3-11H,1-2H3,(H2,19,22)/b14-11+. The number of anilines is 1. The molecule has 116 valence electrons. The number of rotatable bonds is 4. The molecule has 5 heteroatoms. The van der Waals surface area contributed by atoms with Gasteiger partial charge in [0.2, 0.25) is 0 Å². The van der Waals surface area contributed by atoms with Crippen molar-refractivity contribution in [3.63, 3.8) is 0 Å². The maximum Gasteiger partial charge on any atom is 0.251 e. The molecule has 0 atom stereocenters. The predicted octanol–water partition coefficient (Wildman–Crippen LogP) is 3.39. The molecule has 0 aliphatic carbocycles. The lowest BCUT2D eigenvalue weighted by atomic mass is 10.1. The summed E-state index contributed by atoms with van der Waals surface area (Å²) in [5.41, 5.74) is 8.90. The number of para-hydroxylation sites is 1. The molecule has 1 aromatic heterocycles. The largest absolute Gasteiger partial charge is 0.378 e. The third-order valence-corrected chi connectivity index (χ3v) is 4.58. The number of amides is 1. The molecule has 0 radical (unpaired) electrons. The molecule has 0 bridgehead atoms. The van der Waals surface area contributed by atoms with Crippen LogP contribution in [0.4, 0.5) is 5.69 Å². The monoisotopic (exact) mass is 323 g/mol. The van der Waals surface area contributed by atoms with Crippen LogP contribution in [0.15, 0.2) is 48.5 Å². The number of carbonyl (C=O) groups excluding carboxylic acids is 1. The van der Waals surface area contributed by atoms with Gasteiger partial charge in [0.1, 0.15) is 5.01 Å². The Morgan fingerprint density at radius 1 is 1.13 bits per heavy atom. The summed E-state index contributed by atoms with van der Waals surface area (Å²) in [6.45, 7) is 0. The first-order valence-electron chi connectivity index (χ1n) is 7.19. The molecule has 2 N–H and O–H groups in total. The van der Waals surface area contributed by atoms with Crippen molar-refractivity contribution >= 4 is 44.8 Å². The summed E-state index contributed by atoms with van der Waals surface area (Å²) in [5, 5.41) is 0.649. The van der Waals surface area contributed by atoms with Crippen molar-refractivity contribution in [2.75, 3.05) is 19.0 Å². The molecule has 0 unspecified atom stereocenters. The van der Waals surface area contributed by atoms with Crippen LogP contribution >= 0.6 is 11.3 Å². The van der Waals surface area contributed by atoms with Crippen LogP contribution < -0.4 is 10.6 Å². The van der Waals surface area contributed by atoms with Crippen molar-refractivity contribution in [1.82, 2.24) is 4.98 Å². The average molecular weight is 323 g/mol. The molecule has 0 spiro atoms. The highest BCUT2D eigenvalue weighted by atomic mass is 32.1. The van der Waals surface area contributed by atoms with E-state index in [2.05, 4.69) is 4.98 Å². The van der Waals surface area contributed by atoms with E-state index >= 15 is 0 Å². The fourth-order valence-electron chi connectivity index (χ4n) is 2.26. The number of benzene rings is 2. The minimum Gasteiger partial charge on any atom is -0.378 e. The summed E-state index contributed by atoms with van der Waals surface area (Å²) >= 11 is 1.47. The van der Waals surface area contributed by atoms with Crippen LogP contribution in [0.3, 0.4) is 0 Å². The van der Waals surface area contributed by atoms with Crippen molar-refractivity contribution in [1.29, 1.82) is 0 Å². The Morgan fingerprint density at radius 3 is 2.43 bits per heavy atom. The van der Waals surface area contributed by atoms with Gasteiger partial charge < -0.3 is 10.6 Å². The van der Waals surface area contributed by atoms with E-state index in [0.717, 1.165) is 21.5 Å². The summed E-state index contributed by atoms with van der Waals surface area (Å²) in [5.74, 6) is -0.472. The number of hydrogen-bond acceptors (Lipinski definition) is 4. The van der Waals surface area contributed by atoms with Gasteiger partial charge in [-0.3, -0.25) is 4.79 Å². The molecule has 1 amide bonds. The second-order valence-corrected chi connectivity index (χ2v) is 6.43. The Bertz CT molecular complexity index is 846. The highest BCUT2D eigenvalue weighted by Gasteiger charge is 2.14. The highest BCUT2D eigenvalue weighted by molar-refractivity contribution is 7.19. The first kappa shape index (κ1) is 15.2. The first-order valence-corrected chi connectivity index (χ1v) is 8.01. The van der Waals surface area contributed by atoms with Gasteiger partial charge in [0.15, 0.2) is 0 Å². The van der Waals surface area contributed by atoms with Crippen molar-refractivity contribution in [2.24, 2.45) is 5.73 Å². The van der Waals surface area contributed by atoms with Gasteiger partial charge in [-0.05, 0) is 35.9 Å². The van der Waals surface area contributed by atoms with Gasteiger partial charge >= 0.3 is 0 Å². The summed E-state index contributed by atoms with van der Waals surface area (Å²) in [4.78, 5) is 18.4. The van der Waals surface area contributed by atoms with E-state index < -0.39 is 5.91 Å². The quantitative estimate of drug-likeness (QED) is 0.749. The van der Waals surface area contributed by atoms with E-state index in [0.29, 0.717) is 10.6 Å². The zero-order valence-corrected chi connectivity index (χ0v) is 13.8. The van der Waals surface area contributed by atoms with Crippen LogP contribution in [-0.2, 0) is 4.79 Å². The van der Waals surface area contributed by atoms with E-state index in [1.54, 1.807) is 6.08 Å². The molecule has 3 aromatic rings. The maximum absolute atomic E-state index is 11.9. The molecule has 0 saturated heterocycles. The minimum absolute atomic E-state index is 0.434. The Balaban J connectivity index is 2.02. The molecule has 2 aromatic carbocycles. The maximum atomic E-state index is 11.9. The first-order chi connectivity index (χ1) is 11.0. The fraction of sp³-hybridized carbons (Fsp3) is 0.111. The second kappa shape index (κ2) is 6.22. The number of nitrogens with two attached hydrogens (primary N) is 1. The van der Waals surface area contributed by atoms with Gasteiger partial charge in [-0.25, -0.2) is 4.98 Å². The minimum atomic E-state index is -0.472. The molecule has 0 fully saturated rings. The molecule has 3 rings (SSSR count). The normalized spacial score (nSPS) is 11.7. The summed E-state index contributed by atoms with van der Waals surface area (Å²) < 4.78 is 1.04. The van der Waals surface area contributed by atoms with E-state index in [-0.39, 0.29) is 0 Å². The molecule has 0 aliphatic rings. The van der Waals surface area contributed by atoms with Crippen LogP contribution in [0.1, 0.15) is 10.6 Å².